The van der Waals surface area contributed by atoms with E-state index in [1.54, 1.807) is 14.2 Å². The molecule has 0 amide bonds. The molecule has 2 aromatic carbocycles. The van der Waals surface area contributed by atoms with Gasteiger partial charge in [-0.25, -0.2) is 4.98 Å². The number of ether oxygens (including phenoxy) is 2. The van der Waals surface area contributed by atoms with E-state index in [-0.39, 0.29) is 0 Å². The van der Waals surface area contributed by atoms with E-state index in [4.69, 9.17) is 32.4 Å². The Balaban J connectivity index is 1.48. The Morgan fingerprint density at radius 1 is 1.00 bits per heavy atom. The van der Waals surface area contributed by atoms with Crippen LogP contribution in [-0.4, -0.2) is 60.3 Å². The van der Waals surface area contributed by atoms with Crippen LogP contribution in [0, 0.1) is 0 Å². The summed E-state index contributed by atoms with van der Waals surface area (Å²) in [6, 6.07) is 14.0. The number of nitrogen functional groups attached to an aromatic ring is 1. The summed E-state index contributed by atoms with van der Waals surface area (Å²) in [6.45, 7) is 3.23. The number of methoxy groups -OCH3 is 2. The number of thiocarbonyl (C=S) groups is 1. The highest BCUT2D eigenvalue weighted by Crippen LogP contribution is 2.34. The van der Waals surface area contributed by atoms with Gasteiger partial charge in [-0.2, -0.15) is 4.98 Å². The number of benzene rings is 2. The van der Waals surface area contributed by atoms with Crippen molar-refractivity contribution in [1.29, 1.82) is 0 Å². The molecule has 0 unspecified atom stereocenters. The lowest BCUT2D eigenvalue weighted by Crippen LogP contribution is -2.49. The fourth-order valence-electron chi connectivity index (χ4n) is 3.65. The number of aromatic nitrogens is 2. The molecule has 7 nitrogen and oxygen atoms in total. The van der Waals surface area contributed by atoms with Crippen LogP contribution in [0.1, 0.15) is 5.56 Å². The van der Waals surface area contributed by atoms with Crippen molar-refractivity contribution in [3.63, 3.8) is 0 Å². The summed E-state index contributed by atoms with van der Waals surface area (Å²) in [5, 5.41) is 0.749. The van der Waals surface area contributed by atoms with Gasteiger partial charge in [-0.15, -0.1) is 0 Å². The minimum Gasteiger partial charge on any atom is -0.493 e. The molecule has 0 aliphatic carbocycles. The van der Waals surface area contributed by atoms with Gasteiger partial charge in [0.1, 0.15) is 5.82 Å². The molecule has 0 atom stereocenters. The molecule has 156 valence electrons. The summed E-state index contributed by atoms with van der Waals surface area (Å²) in [5.41, 5.74) is 8.20. The molecule has 0 spiro atoms. The van der Waals surface area contributed by atoms with E-state index in [1.807, 2.05) is 30.3 Å². The fraction of sp³-hybridized carbons (Fsp3) is 0.318. The zero-order chi connectivity index (χ0) is 21.1. The maximum atomic E-state index is 6.23. The number of nitrogens with zero attached hydrogens (tertiary/aromatic N) is 4. The maximum Gasteiger partial charge on any atom is 0.228 e. The van der Waals surface area contributed by atoms with Crippen molar-refractivity contribution in [2.24, 2.45) is 0 Å². The quantitative estimate of drug-likeness (QED) is 0.628. The minimum atomic E-state index is 0.429. The Labute approximate surface area is 181 Å². The molecular formula is C22H25N5O2S. The van der Waals surface area contributed by atoms with Gasteiger partial charge < -0.3 is 25.0 Å². The number of anilines is 2. The number of hydrogen-bond acceptors (Lipinski definition) is 7. The zero-order valence-corrected chi connectivity index (χ0v) is 18.0. The standard InChI is InChI=1S/C22H25N5O2S/c1-28-18-13-16-17(14-19(18)29-2)24-22(25-21(16)23)27-10-8-26(9-11-27)20(30)12-15-6-4-3-5-7-15/h3-7,13-14H,8-12H2,1-2H3,(H2,23,24,25). The van der Waals surface area contributed by atoms with Crippen molar-refractivity contribution in [3.05, 3.63) is 48.0 Å². The Kier molecular flexibility index (Phi) is 5.85. The average Bonchev–Trinajstić information content (AvgIpc) is 2.79. The molecule has 1 aliphatic rings. The van der Waals surface area contributed by atoms with Gasteiger partial charge >= 0.3 is 0 Å². The third-order valence-corrected chi connectivity index (χ3v) is 5.73. The van der Waals surface area contributed by atoms with Crippen LogP contribution in [0.15, 0.2) is 42.5 Å². The summed E-state index contributed by atoms with van der Waals surface area (Å²) < 4.78 is 10.8. The summed E-state index contributed by atoms with van der Waals surface area (Å²) >= 11 is 5.68. The third kappa shape index (κ3) is 4.09. The SMILES string of the molecule is COc1cc2nc(N3CCN(C(=S)Cc4ccccc4)CC3)nc(N)c2cc1OC. The molecule has 1 aliphatic heterocycles. The molecule has 2 N–H and O–H groups in total. The van der Waals surface area contributed by atoms with Gasteiger partial charge in [0, 0.05) is 44.1 Å². The first-order valence-electron chi connectivity index (χ1n) is 9.85. The first kappa shape index (κ1) is 20.2. The second-order valence-electron chi connectivity index (χ2n) is 7.16. The van der Waals surface area contributed by atoms with E-state index in [1.165, 1.54) is 5.56 Å². The van der Waals surface area contributed by atoms with E-state index >= 15 is 0 Å². The molecule has 4 rings (SSSR count). The highest BCUT2D eigenvalue weighted by atomic mass is 32.1. The third-order valence-electron chi connectivity index (χ3n) is 5.33. The topological polar surface area (TPSA) is 76.7 Å². The zero-order valence-electron chi connectivity index (χ0n) is 17.2. The van der Waals surface area contributed by atoms with Gasteiger partial charge in [-0.1, -0.05) is 42.5 Å². The molecule has 0 radical (unpaired) electrons. The number of piperazine rings is 1. The lowest BCUT2D eigenvalue weighted by Gasteiger charge is -2.36. The van der Waals surface area contributed by atoms with Crippen molar-refractivity contribution in [2.75, 3.05) is 51.0 Å². The van der Waals surface area contributed by atoms with Crippen LogP contribution in [0.3, 0.4) is 0 Å². The van der Waals surface area contributed by atoms with Crippen molar-refractivity contribution in [1.82, 2.24) is 14.9 Å². The van der Waals surface area contributed by atoms with Gasteiger partial charge in [0.2, 0.25) is 5.95 Å². The molecule has 1 saturated heterocycles. The Morgan fingerprint density at radius 2 is 1.67 bits per heavy atom. The van der Waals surface area contributed by atoms with E-state index in [9.17, 15) is 0 Å². The molecule has 1 fully saturated rings. The number of fused-ring (bicyclic) bond motifs is 1. The van der Waals surface area contributed by atoms with Gasteiger partial charge in [0.25, 0.3) is 0 Å². The van der Waals surface area contributed by atoms with Gasteiger partial charge in [-0.05, 0) is 11.6 Å². The Hall–Kier alpha value is -3.13. The summed E-state index contributed by atoms with van der Waals surface area (Å²) in [7, 11) is 3.20. The number of hydrogen-bond donors (Lipinski definition) is 1. The maximum absolute atomic E-state index is 6.23. The molecular weight excluding hydrogens is 398 g/mol. The van der Waals surface area contributed by atoms with Gasteiger partial charge in [-0.3, -0.25) is 0 Å². The monoisotopic (exact) mass is 423 g/mol. The first-order chi connectivity index (χ1) is 14.6. The highest BCUT2D eigenvalue weighted by Gasteiger charge is 2.22. The van der Waals surface area contributed by atoms with Crippen LogP contribution in [0.5, 0.6) is 11.5 Å². The summed E-state index contributed by atoms with van der Waals surface area (Å²) in [6.07, 6.45) is 0.789. The average molecular weight is 424 g/mol. The second-order valence-corrected chi connectivity index (χ2v) is 7.63. The Bertz CT molecular complexity index is 1050. The minimum absolute atomic E-state index is 0.429. The summed E-state index contributed by atoms with van der Waals surface area (Å²) in [4.78, 5) is 14.6. The predicted octanol–water partition coefficient (Wildman–Crippen LogP) is 2.92. The summed E-state index contributed by atoms with van der Waals surface area (Å²) in [5.74, 6) is 2.28. The van der Waals surface area contributed by atoms with Crippen LogP contribution >= 0.6 is 12.2 Å². The lowest BCUT2D eigenvalue weighted by atomic mass is 10.1. The lowest BCUT2D eigenvalue weighted by molar-refractivity contribution is 0.355. The predicted molar refractivity (Wildman–Crippen MR) is 124 cm³/mol. The molecule has 3 aromatic rings. The van der Waals surface area contributed by atoms with Crippen molar-refractivity contribution in [2.45, 2.75) is 6.42 Å². The molecule has 8 heteroatoms. The van der Waals surface area contributed by atoms with Crippen LogP contribution < -0.4 is 20.1 Å². The first-order valence-corrected chi connectivity index (χ1v) is 10.3. The molecule has 0 bridgehead atoms. The molecule has 30 heavy (non-hydrogen) atoms. The largest absolute Gasteiger partial charge is 0.493 e. The smallest absolute Gasteiger partial charge is 0.228 e. The number of nitrogens with two attached hydrogens (primary N) is 1. The second kappa shape index (κ2) is 8.71. The van der Waals surface area contributed by atoms with Gasteiger partial charge in [0.15, 0.2) is 11.5 Å². The van der Waals surface area contributed by atoms with Crippen LogP contribution in [-0.2, 0) is 6.42 Å². The molecule has 0 saturated carbocycles. The van der Waals surface area contributed by atoms with E-state index in [0.29, 0.717) is 23.3 Å². The molecule has 1 aromatic heterocycles. The fourth-order valence-corrected chi connectivity index (χ4v) is 4.00. The van der Waals surface area contributed by atoms with Crippen molar-refractivity contribution >= 4 is 39.9 Å². The van der Waals surface area contributed by atoms with Crippen molar-refractivity contribution < 1.29 is 9.47 Å². The van der Waals surface area contributed by atoms with E-state index in [2.05, 4.69) is 26.9 Å². The van der Waals surface area contributed by atoms with Crippen LogP contribution in [0.2, 0.25) is 0 Å². The van der Waals surface area contributed by atoms with Crippen LogP contribution in [0.25, 0.3) is 10.9 Å². The Morgan fingerprint density at radius 3 is 2.33 bits per heavy atom. The van der Waals surface area contributed by atoms with E-state index < -0.39 is 0 Å². The van der Waals surface area contributed by atoms with Gasteiger partial charge in [0.05, 0.1) is 24.7 Å². The van der Waals surface area contributed by atoms with E-state index in [0.717, 1.165) is 48.5 Å². The number of rotatable bonds is 5. The highest BCUT2D eigenvalue weighted by molar-refractivity contribution is 7.80. The molecule has 2 heterocycles. The normalized spacial score (nSPS) is 14.1. The van der Waals surface area contributed by atoms with Crippen LogP contribution in [0.4, 0.5) is 11.8 Å². The van der Waals surface area contributed by atoms with Crippen molar-refractivity contribution in [3.8, 4) is 11.5 Å².